The number of furan rings is 1. The number of rotatable bonds is 8. The molecule has 0 saturated carbocycles. The molecule has 10 heteroatoms. The summed E-state index contributed by atoms with van der Waals surface area (Å²) in [7, 11) is -2.37. The monoisotopic (exact) mass is 448 g/mol. The first kappa shape index (κ1) is 22.7. The lowest BCUT2D eigenvalue weighted by molar-refractivity contribution is -0.122. The topological polar surface area (TPSA) is 97.4 Å². The standard InChI is InChI=1S/C21H25FN4O4S/c1-14-10-17(7-8-19(14)22)11-23-20(27)13-26-16(3)21(15(2)24-26)31(28,29)25(4)12-18-6-5-9-30-18/h5-10H,11-13H2,1-4H3,(H,23,27). The molecule has 1 aromatic carbocycles. The summed E-state index contributed by atoms with van der Waals surface area (Å²) in [5, 5.41) is 7.00. The van der Waals surface area contributed by atoms with Crippen molar-refractivity contribution in [1.82, 2.24) is 19.4 Å². The van der Waals surface area contributed by atoms with Crippen LogP contribution in [0, 0.1) is 26.6 Å². The van der Waals surface area contributed by atoms with Crippen LogP contribution in [0.4, 0.5) is 4.39 Å². The molecule has 0 spiro atoms. The zero-order valence-corrected chi connectivity index (χ0v) is 18.7. The van der Waals surface area contributed by atoms with Crippen LogP contribution in [-0.4, -0.2) is 35.5 Å². The van der Waals surface area contributed by atoms with Crippen LogP contribution in [-0.2, 0) is 34.5 Å². The Morgan fingerprint density at radius 3 is 2.65 bits per heavy atom. The van der Waals surface area contributed by atoms with Gasteiger partial charge in [-0.05, 0) is 50.1 Å². The van der Waals surface area contributed by atoms with Crippen molar-refractivity contribution < 1.29 is 22.0 Å². The molecule has 3 rings (SSSR count). The van der Waals surface area contributed by atoms with Crippen LogP contribution in [0.25, 0.3) is 0 Å². The lowest BCUT2D eigenvalue weighted by Gasteiger charge is -2.16. The summed E-state index contributed by atoms with van der Waals surface area (Å²) in [5.41, 5.74) is 1.95. The highest BCUT2D eigenvalue weighted by molar-refractivity contribution is 7.89. The van der Waals surface area contributed by atoms with Gasteiger partial charge in [0, 0.05) is 13.6 Å². The Labute approximate surface area is 180 Å². The Bertz CT molecular complexity index is 1190. The lowest BCUT2D eigenvalue weighted by atomic mass is 10.1. The smallest absolute Gasteiger partial charge is 0.246 e. The van der Waals surface area contributed by atoms with Crippen LogP contribution in [0.1, 0.15) is 28.3 Å². The number of nitrogens with one attached hydrogen (secondary N) is 1. The minimum absolute atomic E-state index is 0.0727. The summed E-state index contributed by atoms with van der Waals surface area (Å²) in [6.45, 7) is 5.04. The van der Waals surface area contributed by atoms with Gasteiger partial charge >= 0.3 is 0 Å². The van der Waals surface area contributed by atoms with Crippen LogP contribution in [0.15, 0.2) is 45.9 Å². The summed E-state index contributed by atoms with van der Waals surface area (Å²) >= 11 is 0. The van der Waals surface area contributed by atoms with Gasteiger partial charge in [0.05, 0.1) is 24.2 Å². The number of carbonyl (C=O) groups is 1. The zero-order chi connectivity index (χ0) is 22.8. The number of amides is 1. The third kappa shape index (κ3) is 5.02. The van der Waals surface area contributed by atoms with Gasteiger partial charge in [-0.2, -0.15) is 9.40 Å². The summed E-state index contributed by atoms with van der Waals surface area (Å²) in [5.74, 6) is -0.117. The van der Waals surface area contributed by atoms with Gasteiger partial charge in [0.2, 0.25) is 15.9 Å². The number of halogens is 1. The molecule has 31 heavy (non-hydrogen) atoms. The summed E-state index contributed by atoms with van der Waals surface area (Å²) in [4.78, 5) is 12.5. The van der Waals surface area contributed by atoms with E-state index < -0.39 is 10.0 Å². The molecule has 2 aromatic heterocycles. The van der Waals surface area contributed by atoms with E-state index in [1.165, 1.54) is 28.4 Å². The Hall–Kier alpha value is -2.98. The van der Waals surface area contributed by atoms with Crippen LogP contribution in [0.2, 0.25) is 0 Å². The fourth-order valence-electron chi connectivity index (χ4n) is 3.28. The van der Waals surface area contributed by atoms with Crippen LogP contribution in [0.5, 0.6) is 0 Å². The second-order valence-electron chi connectivity index (χ2n) is 7.36. The summed E-state index contributed by atoms with van der Waals surface area (Å²) in [6.07, 6.45) is 1.48. The highest BCUT2D eigenvalue weighted by Gasteiger charge is 2.29. The average molecular weight is 449 g/mol. The van der Waals surface area contributed by atoms with Gasteiger partial charge in [0.1, 0.15) is 23.0 Å². The molecular formula is C21H25FN4O4S. The fraction of sp³-hybridized carbons (Fsp3) is 0.333. The van der Waals surface area contributed by atoms with Crippen molar-refractivity contribution in [3.05, 3.63) is 70.7 Å². The molecule has 0 atom stereocenters. The van der Waals surface area contributed by atoms with Crippen molar-refractivity contribution in [1.29, 1.82) is 0 Å². The van der Waals surface area contributed by atoms with E-state index in [1.54, 1.807) is 45.0 Å². The first-order valence-electron chi connectivity index (χ1n) is 9.64. The van der Waals surface area contributed by atoms with Crippen molar-refractivity contribution in [3.63, 3.8) is 0 Å². The first-order chi connectivity index (χ1) is 14.6. The number of aryl methyl sites for hydroxylation is 2. The van der Waals surface area contributed by atoms with E-state index in [-0.39, 0.29) is 36.3 Å². The van der Waals surface area contributed by atoms with Crippen LogP contribution >= 0.6 is 0 Å². The number of nitrogens with zero attached hydrogens (tertiary/aromatic N) is 3. The van der Waals surface area contributed by atoms with Crippen molar-refractivity contribution in [2.24, 2.45) is 0 Å². The Kier molecular flexibility index (Phi) is 6.61. The van der Waals surface area contributed by atoms with Gasteiger partial charge in [-0.15, -0.1) is 0 Å². The van der Waals surface area contributed by atoms with E-state index >= 15 is 0 Å². The lowest BCUT2D eigenvalue weighted by Crippen LogP contribution is -2.29. The van der Waals surface area contributed by atoms with E-state index in [9.17, 15) is 17.6 Å². The van der Waals surface area contributed by atoms with E-state index in [0.717, 1.165) is 5.56 Å². The van der Waals surface area contributed by atoms with E-state index in [2.05, 4.69) is 10.4 Å². The molecule has 1 N–H and O–H groups in total. The van der Waals surface area contributed by atoms with Gasteiger partial charge in [-0.25, -0.2) is 12.8 Å². The molecule has 0 aliphatic rings. The normalized spacial score (nSPS) is 11.8. The number of hydrogen-bond donors (Lipinski definition) is 1. The third-order valence-electron chi connectivity index (χ3n) is 4.95. The second-order valence-corrected chi connectivity index (χ2v) is 9.34. The largest absolute Gasteiger partial charge is 0.468 e. The van der Waals surface area contributed by atoms with Gasteiger partial charge in [0.25, 0.3) is 0 Å². The molecule has 0 bridgehead atoms. The molecule has 8 nitrogen and oxygen atoms in total. The Balaban J connectivity index is 1.71. The average Bonchev–Trinajstić information content (AvgIpc) is 3.30. The maximum absolute atomic E-state index is 13.4. The number of carbonyl (C=O) groups excluding carboxylic acids is 1. The second kappa shape index (κ2) is 9.03. The maximum atomic E-state index is 13.4. The molecule has 1 amide bonds. The molecule has 0 aliphatic carbocycles. The minimum Gasteiger partial charge on any atom is -0.468 e. The third-order valence-corrected chi connectivity index (χ3v) is 7.00. The summed E-state index contributed by atoms with van der Waals surface area (Å²) < 4.78 is 47.3. The quantitative estimate of drug-likeness (QED) is 0.571. The highest BCUT2D eigenvalue weighted by atomic mass is 32.2. The highest BCUT2D eigenvalue weighted by Crippen LogP contribution is 2.24. The molecular weight excluding hydrogens is 423 g/mol. The number of hydrogen-bond acceptors (Lipinski definition) is 5. The van der Waals surface area contributed by atoms with Gasteiger partial charge < -0.3 is 9.73 Å². The van der Waals surface area contributed by atoms with Crippen molar-refractivity contribution in [2.75, 3.05) is 7.05 Å². The van der Waals surface area contributed by atoms with E-state index in [4.69, 9.17) is 4.42 Å². The Morgan fingerprint density at radius 2 is 2.00 bits per heavy atom. The number of aromatic nitrogens is 2. The van der Waals surface area contributed by atoms with E-state index in [1.807, 2.05) is 0 Å². The van der Waals surface area contributed by atoms with Crippen molar-refractivity contribution in [2.45, 2.75) is 45.3 Å². The molecule has 0 saturated heterocycles. The molecule has 0 unspecified atom stereocenters. The van der Waals surface area contributed by atoms with Gasteiger partial charge in [-0.3, -0.25) is 9.48 Å². The number of benzene rings is 1. The minimum atomic E-state index is -3.83. The van der Waals surface area contributed by atoms with Crippen molar-refractivity contribution in [3.8, 4) is 0 Å². The molecule has 166 valence electrons. The van der Waals surface area contributed by atoms with Crippen molar-refractivity contribution >= 4 is 15.9 Å². The number of sulfonamides is 1. The zero-order valence-electron chi connectivity index (χ0n) is 17.8. The molecule has 2 heterocycles. The maximum Gasteiger partial charge on any atom is 0.246 e. The summed E-state index contributed by atoms with van der Waals surface area (Å²) in [6, 6.07) is 8.01. The predicted octanol–water partition coefficient (Wildman–Crippen LogP) is 2.68. The van der Waals surface area contributed by atoms with E-state index in [0.29, 0.717) is 22.7 Å². The first-order valence-corrected chi connectivity index (χ1v) is 11.1. The molecule has 0 fully saturated rings. The molecule has 0 aliphatic heterocycles. The molecule has 0 radical (unpaired) electrons. The Morgan fingerprint density at radius 1 is 1.26 bits per heavy atom. The van der Waals surface area contributed by atoms with Crippen LogP contribution < -0.4 is 5.32 Å². The van der Waals surface area contributed by atoms with Gasteiger partial charge in [0.15, 0.2) is 0 Å². The SMILES string of the molecule is Cc1cc(CNC(=O)Cn2nc(C)c(S(=O)(=O)N(C)Cc3ccco3)c2C)ccc1F. The fourth-order valence-corrected chi connectivity index (χ4v) is 4.78. The predicted molar refractivity (Wildman–Crippen MR) is 112 cm³/mol. The van der Waals surface area contributed by atoms with Crippen LogP contribution in [0.3, 0.4) is 0 Å². The van der Waals surface area contributed by atoms with Gasteiger partial charge in [-0.1, -0.05) is 12.1 Å². The molecule has 3 aromatic rings.